The maximum Gasteiger partial charge on any atom is 0.416 e. The van der Waals surface area contributed by atoms with Crippen LogP contribution in [0.1, 0.15) is 24.8 Å². The number of rotatable bonds is 3. The third-order valence-corrected chi connectivity index (χ3v) is 4.15. The summed E-state index contributed by atoms with van der Waals surface area (Å²) < 4.78 is 38.7. The van der Waals surface area contributed by atoms with Crippen molar-refractivity contribution in [1.82, 2.24) is 4.90 Å². The van der Waals surface area contributed by atoms with Crippen molar-refractivity contribution in [1.29, 1.82) is 0 Å². The van der Waals surface area contributed by atoms with Crippen LogP contribution in [0.15, 0.2) is 22.7 Å². The number of anilines is 1. The van der Waals surface area contributed by atoms with Gasteiger partial charge in [-0.25, -0.2) is 0 Å². The molecule has 1 fully saturated rings. The third kappa shape index (κ3) is 4.12. The van der Waals surface area contributed by atoms with Gasteiger partial charge in [-0.2, -0.15) is 13.2 Å². The number of hydrogen-bond donors (Lipinski definition) is 1. The highest BCUT2D eigenvalue weighted by molar-refractivity contribution is 9.10. The number of nitrogens with zero attached hydrogens (tertiary/aromatic N) is 1. The Balaban J connectivity index is 2.04. The van der Waals surface area contributed by atoms with Gasteiger partial charge in [0.15, 0.2) is 0 Å². The molecule has 0 radical (unpaired) electrons. The summed E-state index contributed by atoms with van der Waals surface area (Å²) in [4.78, 5) is 2.26. The van der Waals surface area contributed by atoms with Gasteiger partial charge in [-0.1, -0.05) is 22.4 Å². The number of hydrogen-bond acceptors (Lipinski definition) is 2. The van der Waals surface area contributed by atoms with E-state index in [0.29, 0.717) is 22.7 Å². The van der Waals surface area contributed by atoms with E-state index in [1.807, 2.05) is 0 Å². The molecule has 6 heteroatoms. The average molecular weight is 351 g/mol. The molecule has 2 rings (SSSR count). The second-order valence-corrected chi connectivity index (χ2v) is 6.15. The van der Waals surface area contributed by atoms with Crippen LogP contribution in [-0.2, 0) is 6.18 Å². The van der Waals surface area contributed by atoms with Crippen LogP contribution < -0.4 is 5.32 Å². The lowest BCUT2D eigenvalue weighted by Gasteiger charge is -2.32. The zero-order valence-electron chi connectivity index (χ0n) is 11.3. The average Bonchev–Trinajstić information content (AvgIpc) is 2.36. The molecule has 0 aromatic heterocycles. The molecule has 1 heterocycles. The number of nitrogens with one attached hydrogen (secondary N) is 1. The lowest BCUT2D eigenvalue weighted by Crippen LogP contribution is -2.40. The topological polar surface area (TPSA) is 15.3 Å². The van der Waals surface area contributed by atoms with Gasteiger partial charge < -0.3 is 10.2 Å². The molecule has 1 aliphatic rings. The Morgan fingerprint density at radius 2 is 2.05 bits per heavy atom. The van der Waals surface area contributed by atoms with Crippen LogP contribution in [0.25, 0.3) is 0 Å². The quantitative estimate of drug-likeness (QED) is 0.870. The predicted octanol–water partition coefficient (Wildman–Crippen LogP) is 4.36. The summed E-state index contributed by atoms with van der Waals surface area (Å²) in [6.07, 6.45) is -0.851. The second kappa shape index (κ2) is 6.35. The standard InChI is InChI=1S/C14H18BrF3N2/c1-20-5-3-2-4-13(20)9-19-12-7-10(14(16,17)18)6-11(15)8-12/h6-8,13,19H,2-5,9H2,1H3. The molecule has 20 heavy (non-hydrogen) atoms. The lowest BCUT2D eigenvalue weighted by molar-refractivity contribution is -0.137. The predicted molar refractivity (Wildman–Crippen MR) is 77.9 cm³/mol. The first-order valence-corrected chi connectivity index (χ1v) is 7.47. The normalized spacial score (nSPS) is 20.9. The summed E-state index contributed by atoms with van der Waals surface area (Å²) in [6.45, 7) is 1.73. The van der Waals surface area contributed by atoms with Crippen LogP contribution in [-0.4, -0.2) is 31.1 Å². The molecule has 1 atom stereocenters. The minimum absolute atomic E-state index is 0.386. The van der Waals surface area contributed by atoms with E-state index in [9.17, 15) is 13.2 Å². The highest BCUT2D eigenvalue weighted by Gasteiger charge is 2.31. The number of benzene rings is 1. The van der Waals surface area contributed by atoms with Crippen molar-refractivity contribution < 1.29 is 13.2 Å². The minimum Gasteiger partial charge on any atom is -0.383 e. The molecule has 0 amide bonds. The molecule has 0 spiro atoms. The number of likely N-dealkylation sites (tertiary alicyclic amines) is 1. The Morgan fingerprint density at radius 1 is 1.30 bits per heavy atom. The van der Waals surface area contributed by atoms with Crippen molar-refractivity contribution in [2.75, 3.05) is 25.5 Å². The fraction of sp³-hybridized carbons (Fsp3) is 0.571. The van der Waals surface area contributed by atoms with E-state index in [0.717, 1.165) is 25.1 Å². The van der Waals surface area contributed by atoms with E-state index in [2.05, 4.69) is 33.2 Å². The van der Waals surface area contributed by atoms with Crippen LogP contribution in [0.5, 0.6) is 0 Å². The Labute approximate surface area is 125 Å². The van der Waals surface area contributed by atoms with E-state index >= 15 is 0 Å². The van der Waals surface area contributed by atoms with Crippen molar-refractivity contribution >= 4 is 21.6 Å². The molecular weight excluding hydrogens is 333 g/mol. The molecule has 0 aliphatic carbocycles. The van der Waals surface area contributed by atoms with Crippen molar-refractivity contribution in [3.8, 4) is 0 Å². The zero-order valence-corrected chi connectivity index (χ0v) is 12.9. The lowest BCUT2D eigenvalue weighted by atomic mass is 10.0. The van der Waals surface area contributed by atoms with Crippen LogP contribution in [0, 0.1) is 0 Å². The van der Waals surface area contributed by atoms with Gasteiger partial charge in [0.2, 0.25) is 0 Å². The highest BCUT2D eigenvalue weighted by atomic mass is 79.9. The molecule has 1 N–H and O–H groups in total. The fourth-order valence-electron chi connectivity index (χ4n) is 2.49. The molecular formula is C14H18BrF3N2. The molecule has 1 aromatic rings. The number of likely N-dealkylation sites (N-methyl/N-ethyl adjacent to an activating group) is 1. The van der Waals surface area contributed by atoms with Crippen LogP contribution in [0.3, 0.4) is 0 Å². The van der Waals surface area contributed by atoms with Crippen molar-refractivity contribution in [2.24, 2.45) is 0 Å². The fourth-order valence-corrected chi connectivity index (χ4v) is 2.99. The van der Waals surface area contributed by atoms with Crippen molar-refractivity contribution in [3.05, 3.63) is 28.2 Å². The number of alkyl halides is 3. The third-order valence-electron chi connectivity index (χ3n) is 3.69. The Morgan fingerprint density at radius 3 is 2.70 bits per heavy atom. The van der Waals surface area contributed by atoms with Crippen molar-refractivity contribution in [2.45, 2.75) is 31.5 Å². The highest BCUT2D eigenvalue weighted by Crippen LogP contribution is 2.33. The van der Waals surface area contributed by atoms with E-state index in [-0.39, 0.29) is 0 Å². The monoisotopic (exact) mass is 350 g/mol. The van der Waals surface area contributed by atoms with Gasteiger partial charge >= 0.3 is 6.18 Å². The SMILES string of the molecule is CN1CCCCC1CNc1cc(Br)cc(C(F)(F)F)c1. The van der Waals surface area contributed by atoms with Gasteiger partial charge in [-0.15, -0.1) is 0 Å². The van der Waals surface area contributed by atoms with Gasteiger partial charge in [-0.3, -0.25) is 0 Å². The van der Waals surface area contributed by atoms with Gasteiger partial charge in [0, 0.05) is 22.7 Å². The van der Waals surface area contributed by atoms with Crippen LogP contribution in [0.2, 0.25) is 0 Å². The summed E-state index contributed by atoms with van der Waals surface area (Å²) in [7, 11) is 2.06. The number of halogens is 4. The molecule has 1 aromatic carbocycles. The summed E-state index contributed by atoms with van der Waals surface area (Å²) in [5, 5.41) is 3.13. The molecule has 0 saturated carbocycles. The Kier molecular flexibility index (Phi) is 4.96. The smallest absolute Gasteiger partial charge is 0.383 e. The van der Waals surface area contributed by atoms with E-state index in [4.69, 9.17) is 0 Å². The first-order chi connectivity index (χ1) is 9.36. The number of piperidine rings is 1. The minimum atomic E-state index is -4.32. The van der Waals surface area contributed by atoms with Gasteiger partial charge in [0.05, 0.1) is 5.56 Å². The first kappa shape index (κ1) is 15.6. The molecule has 1 unspecified atom stereocenters. The molecule has 0 bridgehead atoms. The Bertz CT molecular complexity index is 462. The zero-order chi connectivity index (χ0) is 14.8. The molecule has 1 aliphatic heterocycles. The summed E-state index contributed by atoms with van der Waals surface area (Å²) in [6, 6.07) is 4.32. The first-order valence-electron chi connectivity index (χ1n) is 6.68. The molecule has 2 nitrogen and oxygen atoms in total. The van der Waals surface area contributed by atoms with Crippen LogP contribution in [0.4, 0.5) is 18.9 Å². The second-order valence-electron chi connectivity index (χ2n) is 5.24. The van der Waals surface area contributed by atoms with E-state index < -0.39 is 11.7 Å². The summed E-state index contributed by atoms with van der Waals surface area (Å²) in [5.41, 5.74) is -0.128. The maximum absolute atomic E-state index is 12.7. The van der Waals surface area contributed by atoms with E-state index in [1.165, 1.54) is 12.8 Å². The summed E-state index contributed by atoms with van der Waals surface area (Å²) >= 11 is 3.13. The summed E-state index contributed by atoms with van der Waals surface area (Å²) in [5.74, 6) is 0. The van der Waals surface area contributed by atoms with Crippen LogP contribution >= 0.6 is 15.9 Å². The van der Waals surface area contributed by atoms with E-state index in [1.54, 1.807) is 6.07 Å². The molecule has 1 saturated heterocycles. The van der Waals surface area contributed by atoms with Gasteiger partial charge in [0.25, 0.3) is 0 Å². The van der Waals surface area contributed by atoms with Gasteiger partial charge in [-0.05, 0) is 44.6 Å². The largest absolute Gasteiger partial charge is 0.416 e. The van der Waals surface area contributed by atoms with Gasteiger partial charge in [0.1, 0.15) is 0 Å². The molecule has 112 valence electrons. The maximum atomic E-state index is 12.7. The van der Waals surface area contributed by atoms with Crippen molar-refractivity contribution in [3.63, 3.8) is 0 Å². The Hall–Kier alpha value is -0.750.